The number of hydrogen-bond acceptors (Lipinski definition) is 5. The number of ether oxygens (including phenoxy) is 1. The van der Waals surface area contributed by atoms with Gasteiger partial charge in [0.1, 0.15) is 11.6 Å². The molecule has 0 aliphatic heterocycles. The smallest absolute Gasteiger partial charge is 0.177 e. The lowest BCUT2D eigenvalue weighted by Crippen LogP contribution is -2.37. The molecule has 0 saturated heterocycles. The zero-order chi connectivity index (χ0) is 33.4. The van der Waals surface area contributed by atoms with Gasteiger partial charge in [0, 0.05) is 35.3 Å². The highest BCUT2D eigenvalue weighted by atomic mass is 16.5. The van der Waals surface area contributed by atoms with Crippen molar-refractivity contribution in [2.45, 2.75) is 120 Å². The standard InChI is InChI=1S/C21H38N2.C18H21N3O/c1-10-15(2)17(4)18-13-21(8,9)12-11-19(18)23-16(3)14-22-20(5,6)7;1-4-8-22-17-7-6-14(9-13(17)5-2)15-10-16-18(19-11-15)21-12(3)20-16/h15,22H,3,10-14H2,1-2,4-9H3;6-7,9-11H,4-5,8H2,1-3H3,(H,19,20,21)/b18-17-,23-19?;. The SMILES string of the molecule is C=C(CNC(C)(C)C)N=C1CCC(C)(C)C/C1=C(\C)C(C)CC.CCCOc1ccc(-c2cnc3nc(C)[nH]c3c2)cc1CC. The Morgan fingerprint density at radius 3 is 2.53 bits per heavy atom. The van der Waals surface area contributed by atoms with Crippen LogP contribution in [0, 0.1) is 18.3 Å². The van der Waals surface area contributed by atoms with Crippen molar-refractivity contribution < 1.29 is 4.74 Å². The fourth-order valence-corrected chi connectivity index (χ4v) is 5.53. The first-order valence-electron chi connectivity index (χ1n) is 16.9. The maximum Gasteiger partial charge on any atom is 0.177 e. The van der Waals surface area contributed by atoms with Gasteiger partial charge in [0.15, 0.2) is 5.65 Å². The predicted molar refractivity (Wildman–Crippen MR) is 193 cm³/mol. The summed E-state index contributed by atoms with van der Waals surface area (Å²) in [6.45, 7) is 30.1. The largest absolute Gasteiger partial charge is 0.493 e. The number of hydrogen-bond donors (Lipinski definition) is 2. The number of H-pyrrole nitrogens is 1. The molecule has 0 amide bonds. The third-order valence-electron chi connectivity index (χ3n) is 8.68. The second-order valence-electron chi connectivity index (χ2n) is 14.5. The predicted octanol–water partition coefficient (Wildman–Crippen LogP) is 10.2. The highest BCUT2D eigenvalue weighted by Crippen LogP contribution is 2.40. The van der Waals surface area contributed by atoms with Crippen LogP contribution in [0.3, 0.4) is 0 Å². The number of aromatic amines is 1. The number of imidazole rings is 1. The van der Waals surface area contributed by atoms with E-state index < -0.39 is 0 Å². The van der Waals surface area contributed by atoms with Crippen molar-refractivity contribution in [3.05, 3.63) is 65.3 Å². The van der Waals surface area contributed by atoms with E-state index in [-0.39, 0.29) is 5.54 Å². The van der Waals surface area contributed by atoms with Crippen LogP contribution in [0.4, 0.5) is 0 Å². The number of fused-ring (bicyclic) bond motifs is 1. The molecule has 1 aliphatic carbocycles. The van der Waals surface area contributed by atoms with Gasteiger partial charge in [0.2, 0.25) is 0 Å². The Balaban J connectivity index is 0.000000245. The number of aryl methyl sites for hydroxylation is 2. The molecular formula is C39H59N5O. The van der Waals surface area contributed by atoms with E-state index in [2.05, 4.69) is 120 Å². The number of allylic oxidation sites excluding steroid dienone is 2. The fraction of sp³-hybridized carbons (Fsp3) is 0.564. The van der Waals surface area contributed by atoms with E-state index in [9.17, 15) is 0 Å². The minimum absolute atomic E-state index is 0.100. The van der Waals surface area contributed by atoms with Crippen LogP contribution in [0.2, 0.25) is 0 Å². The third-order valence-corrected chi connectivity index (χ3v) is 8.68. The van der Waals surface area contributed by atoms with Gasteiger partial charge in [-0.2, -0.15) is 0 Å². The highest BCUT2D eigenvalue weighted by Gasteiger charge is 2.30. The van der Waals surface area contributed by atoms with Gasteiger partial charge in [0.05, 0.1) is 12.1 Å². The van der Waals surface area contributed by atoms with E-state index in [0.29, 0.717) is 11.3 Å². The molecular weight excluding hydrogens is 554 g/mol. The molecule has 1 aliphatic rings. The van der Waals surface area contributed by atoms with Crippen LogP contribution in [-0.4, -0.2) is 39.4 Å². The first-order valence-corrected chi connectivity index (χ1v) is 16.9. The molecule has 0 radical (unpaired) electrons. The van der Waals surface area contributed by atoms with Crippen molar-refractivity contribution in [1.29, 1.82) is 0 Å². The number of benzene rings is 1. The van der Waals surface area contributed by atoms with Crippen LogP contribution >= 0.6 is 0 Å². The summed E-state index contributed by atoms with van der Waals surface area (Å²) < 4.78 is 5.81. The molecule has 2 N–H and O–H groups in total. The zero-order valence-electron chi connectivity index (χ0n) is 30.1. The summed E-state index contributed by atoms with van der Waals surface area (Å²) in [5.74, 6) is 2.50. The number of pyridine rings is 1. The van der Waals surface area contributed by atoms with Gasteiger partial charge in [-0.25, -0.2) is 9.97 Å². The number of rotatable bonds is 10. The molecule has 2 heterocycles. The molecule has 0 bridgehead atoms. The summed E-state index contributed by atoms with van der Waals surface area (Å²) in [7, 11) is 0. The number of nitrogens with zero attached hydrogens (tertiary/aromatic N) is 3. The normalized spacial score (nSPS) is 17.5. The lowest BCUT2D eigenvalue weighted by Gasteiger charge is -2.34. The number of aliphatic imine (C=N–C) groups is 1. The maximum absolute atomic E-state index is 5.81. The lowest BCUT2D eigenvalue weighted by molar-refractivity contribution is 0.314. The molecule has 6 heteroatoms. The number of nitrogens with one attached hydrogen (secondary N) is 2. The molecule has 1 atom stereocenters. The van der Waals surface area contributed by atoms with E-state index in [4.69, 9.17) is 9.73 Å². The molecule has 246 valence electrons. The van der Waals surface area contributed by atoms with Crippen LogP contribution in [0.15, 0.2) is 58.9 Å². The Hall–Kier alpha value is -3.25. The molecule has 3 aromatic rings. The lowest BCUT2D eigenvalue weighted by atomic mass is 9.71. The fourth-order valence-electron chi connectivity index (χ4n) is 5.53. The molecule has 0 spiro atoms. The zero-order valence-corrected chi connectivity index (χ0v) is 30.1. The second kappa shape index (κ2) is 15.8. The molecule has 2 aromatic heterocycles. The Kier molecular flexibility index (Phi) is 12.8. The van der Waals surface area contributed by atoms with Crippen LogP contribution in [0.1, 0.15) is 113 Å². The van der Waals surface area contributed by atoms with Crippen molar-refractivity contribution in [2.75, 3.05) is 13.2 Å². The van der Waals surface area contributed by atoms with Gasteiger partial charge in [-0.05, 0) is 119 Å². The Bertz CT molecular complexity index is 1500. The maximum atomic E-state index is 5.81. The molecule has 1 unspecified atom stereocenters. The van der Waals surface area contributed by atoms with E-state index in [1.807, 2.05) is 13.1 Å². The molecule has 1 aromatic carbocycles. The van der Waals surface area contributed by atoms with Crippen molar-refractivity contribution in [1.82, 2.24) is 20.3 Å². The van der Waals surface area contributed by atoms with Crippen molar-refractivity contribution in [3.8, 4) is 16.9 Å². The van der Waals surface area contributed by atoms with Gasteiger partial charge >= 0.3 is 0 Å². The molecule has 6 nitrogen and oxygen atoms in total. The quantitative estimate of drug-likeness (QED) is 0.239. The van der Waals surface area contributed by atoms with Crippen molar-refractivity contribution in [2.24, 2.45) is 16.3 Å². The second-order valence-corrected chi connectivity index (χ2v) is 14.5. The van der Waals surface area contributed by atoms with Gasteiger partial charge in [-0.15, -0.1) is 0 Å². The van der Waals surface area contributed by atoms with E-state index in [1.165, 1.54) is 35.3 Å². The molecule has 4 rings (SSSR count). The summed E-state index contributed by atoms with van der Waals surface area (Å²) in [5, 5.41) is 3.48. The summed E-state index contributed by atoms with van der Waals surface area (Å²) in [6.07, 6.45) is 8.46. The molecule has 45 heavy (non-hydrogen) atoms. The van der Waals surface area contributed by atoms with Crippen LogP contribution in [-0.2, 0) is 6.42 Å². The summed E-state index contributed by atoms with van der Waals surface area (Å²) in [6, 6.07) is 8.45. The monoisotopic (exact) mass is 613 g/mol. The van der Waals surface area contributed by atoms with Gasteiger partial charge in [-0.3, -0.25) is 4.99 Å². The highest BCUT2D eigenvalue weighted by molar-refractivity contribution is 6.02. The third kappa shape index (κ3) is 10.7. The van der Waals surface area contributed by atoms with Crippen LogP contribution < -0.4 is 10.1 Å². The Morgan fingerprint density at radius 2 is 1.89 bits per heavy atom. The first-order chi connectivity index (χ1) is 21.2. The number of aromatic nitrogens is 3. The van der Waals surface area contributed by atoms with Crippen molar-refractivity contribution in [3.63, 3.8) is 0 Å². The summed E-state index contributed by atoms with van der Waals surface area (Å²) in [4.78, 5) is 16.9. The average Bonchev–Trinajstić information content (AvgIpc) is 3.38. The molecule has 1 saturated carbocycles. The van der Waals surface area contributed by atoms with Crippen LogP contribution in [0.5, 0.6) is 5.75 Å². The van der Waals surface area contributed by atoms with E-state index in [1.54, 1.807) is 0 Å². The average molecular weight is 614 g/mol. The minimum Gasteiger partial charge on any atom is -0.493 e. The topological polar surface area (TPSA) is 75.2 Å². The first kappa shape index (κ1) is 36.2. The van der Waals surface area contributed by atoms with Gasteiger partial charge < -0.3 is 15.0 Å². The summed E-state index contributed by atoms with van der Waals surface area (Å²) in [5.41, 5.74) is 10.9. The Labute approximate surface area is 273 Å². The van der Waals surface area contributed by atoms with E-state index >= 15 is 0 Å². The summed E-state index contributed by atoms with van der Waals surface area (Å²) >= 11 is 0. The van der Waals surface area contributed by atoms with Crippen molar-refractivity contribution >= 4 is 16.9 Å². The Morgan fingerprint density at radius 1 is 1.16 bits per heavy atom. The minimum atomic E-state index is 0.100. The van der Waals surface area contributed by atoms with E-state index in [0.717, 1.165) is 78.4 Å². The molecule has 1 fully saturated rings. The van der Waals surface area contributed by atoms with Crippen LogP contribution in [0.25, 0.3) is 22.3 Å². The van der Waals surface area contributed by atoms with Gasteiger partial charge in [-0.1, -0.05) is 59.8 Å². The van der Waals surface area contributed by atoms with Gasteiger partial charge in [0.25, 0.3) is 0 Å².